The molecule has 0 aromatic carbocycles. The highest BCUT2D eigenvalue weighted by Gasteiger charge is 2.32. The Morgan fingerprint density at radius 2 is 2.06 bits per heavy atom. The number of aromatic nitrogens is 1. The van der Waals surface area contributed by atoms with Crippen molar-refractivity contribution in [2.24, 2.45) is 11.8 Å². The highest BCUT2D eigenvalue weighted by molar-refractivity contribution is 6.05. The summed E-state index contributed by atoms with van der Waals surface area (Å²) in [7, 11) is 1.55. The van der Waals surface area contributed by atoms with E-state index in [0.29, 0.717) is 5.69 Å². The van der Waals surface area contributed by atoms with Gasteiger partial charge in [-0.2, -0.15) is 0 Å². The molecule has 1 heterocycles. The third kappa shape index (κ3) is 3.03. The first-order valence-electron chi connectivity index (χ1n) is 5.35. The fraction of sp³-hybridized carbons (Fsp3) is 0.417. The third-order valence-corrected chi connectivity index (χ3v) is 2.56. The molecule has 0 aliphatic heterocycles. The molecule has 0 aliphatic carbocycles. The van der Waals surface area contributed by atoms with Crippen molar-refractivity contribution in [3.63, 3.8) is 0 Å². The van der Waals surface area contributed by atoms with Crippen molar-refractivity contribution in [1.29, 1.82) is 0 Å². The number of anilines is 1. The van der Waals surface area contributed by atoms with E-state index in [1.165, 1.54) is 11.1 Å². The van der Waals surface area contributed by atoms with Crippen LogP contribution in [0.5, 0.6) is 0 Å². The standard InChI is InChI=1S/C12H16N2O3/c1-8(2)10(12(16)17)11(15)14(3)9-5-4-6-13-7-9/h4-8,10H,1-3H3,(H,16,17). The van der Waals surface area contributed by atoms with E-state index >= 15 is 0 Å². The number of hydrogen-bond acceptors (Lipinski definition) is 3. The Hall–Kier alpha value is -1.91. The lowest BCUT2D eigenvalue weighted by Crippen LogP contribution is -2.39. The summed E-state index contributed by atoms with van der Waals surface area (Å²) in [5, 5.41) is 9.05. The maximum Gasteiger partial charge on any atom is 0.316 e. The van der Waals surface area contributed by atoms with E-state index in [1.54, 1.807) is 39.2 Å². The molecule has 0 radical (unpaired) electrons. The molecule has 0 saturated carbocycles. The predicted octanol–water partition coefficient (Wildman–Crippen LogP) is 1.40. The van der Waals surface area contributed by atoms with E-state index in [2.05, 4.69) is 4.98 Å². The number of pyridine rings is 1. The van der Waals surface area contributed by atoms with E-state index in [1.807, 2.05) is 0 Å². The average Bonchev–Trinajstić information content (AvgIpc) is 2.28. The lowest BCUT2D eigenvalue weighted by Gasteiger charge is -2.23. The number of aliphatic carboxylic acids is 1. The van der Waals surface area contributed by atoms with Crippen LogP contribution in [-0.2, 0) is 9.59 Å². The molecule has 92 valence electrons. The first-order valence-corrected chi connectivity index (χ1v) is 5.35. The molecule has 1 aromatic rings. The summed E-state index contributed by atoms with van der Waals surface area (Å²) >= 11 is 0. The molecular formula is C12H16N2O3. The zero-order chi connectivity index (χ0) is 13.0. The fourth-order valence-corrected chi connectivity index (χ4v) is 1.56. The van der Waals surface area contributed by atoms with Gasteiger partial charge in [0.1, 0.15) is 5.92 Å². The molecule has 1 atom stereocenters. The number of rotatable bonds is 4. The van der Waals surface area contributed by atoms with E-state index in [9.17, 15) is 9.59 Å². The predicted molar refractivity (Wildman–Crippen MR) is 63.6 cm³/mol. The molecule has 1 rings (SSSR count). The van der Waals surface area contributed by atoms with Gasteiger partial charge in [0.15, 0.2) is 0 Å². The van der Waals surface area contributed by atoms with Gasteiger partial charge >= 0.3 is 5.97 Å². The van der Waals surface area contributed by atoms with Gasteiger partial charge in [0.25, 0.3) is 0 Å². The Labute approximate surface area is 100 Å². The maximum absolute atomic E-state index is 12.0. The van der Waals surface area contributed by atoms with Crippen molar-refractivity contribution in [2.45, 2.75) is 13.8 Å². The van der Waals surface area contributed by atoms with Crippen molar-refractivity contribution in [3.05, 3.63) is 24.5 Å². The Bertz CT molecular complexity index is 403. The van der Waals surface area contributed by atoms with Crippen LogP contribution < -0.4 is 4.90 Å². The number of carbonyl (C=O) groups excluding carboxylic acids is 1. The number of carbonyl (C=O) groups is 2. The van der Waals surface area contributed by atoms with Gasteiger partial charge in [-0.3, -0.25) is 14.6 Å². The van der Waals surface area contributed by atoms with Gasteiger partial charge in [-0.05, 0) is 18.1 Å². The van der Waals surface area contributed by atoms with Crippen molar-refractivity contribution in [1.82, 2.24) is 4.98 Å². The van der Waals surface area contributed by atoms with Crippen LogP contribution in [0.25, 0.3) is 0 Å². The van der Waals surface area contributed by atoms with Crippen LogP contribution in [0, 0.1) is 11.8 Å². The minimum Gasteiger partial charge on any atom is -0.481 e. The molecule has 17 heavy (non-hydrogen) atoms. The monoisotopic (exact) mass is 236 g/mol. The summed E-state index contributed by atoms with van der Waals surface area (Å²) < 4.78 is 0. The van der Waals surface area contributed by atoms with Crippen LogP contribution in [0.3, 0.4) is 0 Å². The van der Waals surface area contributed by atoms with Gasteiger partial charge in [-0.15, -0.1) is 0 Å². The molecule has 1 amide bonds. The minimum atomic E-state index is -1.10. The zero-order valence-electron chi connectivity index (χ0n) is 10.1. The van der Waals surface area contributed by atoms with Crippen molar-refractivity contribution in [2.75, 3.05) is 11.9 Å². The molecule has 5 nitrogen and oxygen atoms in total. The smallest absolute Gasteiger partial charge is 0.316 e. The SMILES string of the molecule is CC(C)C(C(=O)O)C(=O)N(C)c1cccnc1. The van der Waals surface area contributed by atoms with Crippen LogP contribution in [0.4, 0.5) is 5.69 Å². The van der Waals surface area contributed by atoms with Gasteiger partial charge in [-0.1, -0.05) is 13.8 Å². The summed E-state index contributed by atoms with van der Waals surface area (Å²) in [6, 6.07) is 3.41. The largest absolute Gasteiger partial charge is 0.481 e. The molecule has 0 bridgehead atoms. The number of carboxylic acids is 1. The second kappa shape index (κ2) is 5.43. The lowest BCUT2D eigenvalue weighted by molar-refractivity contribution is -0.147. The number of hydrogen-bond donors (Lipinski definition) is 1. The zero-order valence-corrected chi connectivity index (χ0v) is 10.1. The Morgan fingerprint density at radius 3 is 2.47 bits per heavy atom. The third-order valence-electron chi connectivity index (χ3n) is 2.56. The number of nitrogens with zero attached hydrogens (tertiary/aromatic N) is 2. The summed E-state index contributed by atoms with van der Waals surface area (Å²) in [5.74, 6) is -2.81. The fourth-order valence-electron chi connectivity index (χ4n) is 1.56. The minimum absolute atomic E-state index is 0.251. The molecule has 0 saturated heterocycles. The molecule has 1 unspecified atom stereocenters. The maximum atomic E-state index is 12.0. The van der Waals surface area contributed by atoms with Gasteiger partial charge in [0.2, 0.25) is 5.91 Å². The summed E-state index contributed by atoms with van der Waals surface area (Å²) in [5.41, 5.74) is 0.587. The van der Waals surface area contributed by atoms with Crippen LogP contribution in [-0.4, -0.2) is 29.0 Å². The first kappa shape index (κ1) is 13.2. The van der Waals surface area contributed by atoms with Crippen LogP contribution in [0.15, 0.2) is 24.5 Å². The summed E-state index contributed by atoms with van der Waals surface area (Å²) in [6.45, 7) is 3.43. The van der Waals surface area contributed by atoms with Crippen LogP contribution >= 0.6 is 0 Å². The molecule has 1 N–H and O–H groups in total. The van der Waals surface area contributed by atoms with Gasteiger partial charge < -0.3 is 10.0 Å². The Morgan fingerprint density at radius 1 is 1.41 bits per heavy atom. The molecular weight excluding hydrogens is 220 g/mol. The lowest BCUT2D eigenvalue weighted by atomic mass is 9.94. The van der Waals surface area contributed by atoms with E-state index in [4.69, 9.17) is 5.11 Å². The second-order valence-electron chi connectivity index (χ2n) is 4.17. The molecule has 0 spiro atoms. The molecule has 0 aliphatic rings. The molecule has 0 fully saturated rings. The van der Waals surface area contributed by atoms with Crippen molar-refractivity contribution in [3.8, 4) is 0 Å². The summed E-state index contributed by atoms with van der Waals surface area (Å²) in [4.78, 5) is 28.3. The van der Waals surface area contributed by atoms with Crippen molar-refractivity contribution >= 4 is 17.6 Å². The van der Waals surface area contributed by atoms with E-state index < -0.39 is 17.8 Å². The Kier molecular flexibility index (Phi) is 4.20. The van der Waals surface area contributed by atoms with Crippen LogP contribution in [0.2, 0.25) is 0 Å². The average molecular weight is 236 g/mol. The van der Waals surface area contributed by atoms with Crippen LogP contribution in [0.1, 0.15) is 13.8 Å². The van der Waals surface area contributed by atoms with E-state index in [-0.39, 0.29) is 5.92 Å². The topological polar surface area (TPSA) is 70.5 Å². The number of carboxylic acid groups (broad SMARTS) is 1. The normalized spacial score (nSPS) is 12.2. The summed E-state index contributed by atoms with van der Waals surface area (Å²) in [6.07, 6.45) is 3.12. The second-order valence-corrected chi connectivity index (χ2v) is 4.17. The van der Waals surface area contributed by atoms with Crippen molar-refractivity contribution < 1.29 is 14.7 Å². The molecule has 5 heteroatoms. The van der Waals surface area contributed by atoms with Gasteiger partial charge in [0.05, 0.1) is 11.9 Å². The highest BCUT2D eigenvalue weighted by atomic mass is 16.4. The Balaban J connectivity index is 2.92. The van der Waals surface area contributed by atoms with E-state index in [0.717, 1.165) is 0 Å². The van der Waals surface area contributed by atoms with Gasteiger partial charge in [-0.25, -0.2) is 0 Å². The first-order chi connectivity index (χ1) is 7.95. The quantitative estimate of drug-likeness (QED) is 0.802. The number of amides is 1. The highest BCUT2D eigenvalue weighted by Crippen LogP contribution is 2.18. The molecule has 1 aromatic heterocycles. The van der Waals surface area contributed by atoms with Gasteiger partial charge in [0, 0.05) is 13.2 Å².